The van der Waals surface area contributed by atoms with E-state index >= 15 is 0 Å². The van der Waals surface area contributed by atoms with Gasteiger partial charge in [0.2, 0.25) is 11.7 Å². The van der Waals surface area contributed by atoms with Crippen molar-refractivity contribution in [2.45, 2.75) is 6.92 Å². The second-order valence-corrected chi connectivity index (χ2v) is 8.21. The molecule has 142 valence electrons. The van der Waals surface area contributed by atoms with Crippen LogP contribution in [0.25, 0.3) is 16.2 Å². The molecule has 2 aromatic heterocycles. The molecule has 4 rings (SSSR count). The highest BCUT2D eigenvalue weighted by Gasteiger charge is 2.25. The van der Waals surface area contributed by atoms with Crippen LogP contribution in [0.5, 0.6) is 5.88 Å². The van der Waals surface area contributed by atoms with Gasteiger partial charge in [-0.1, -0.05) is 18.2 Å². The number of thioether (sulfide) groups is 1. The summed E-state index contributed by atoms with van der Waals surface area (Å²) in [6.07, 6.45) is 1.51. The minimum Gasteiger partial charge on any atom is -0.469 e. The lowest BCUT2D eigenvalue weighted by molar-refractivity contribution is -0.115. The van der Waals surface area contributed by atoms with Crippen molar-refractivity contribution >= 4 is 56.2 Å². The number of hydrogen-bond donors (Lipinski definition) is 1. The molecule has 0 atom stereocenters. The summed E-state index contributed by atoms with van der Waals surface area (Å²) < 4.78 is 8.20. The summed E-state index contributed by atoms with van der Waals surface area (Å²) in [4.78, 5) is 36.5. The number of rotatable bonds is 5. The number of carbonyl (C=O) groups excluding carboxylic acids is 3. The summed E-state index contributed by atoms with van der Waals surface area (Å²) >= 11 is 2.28. The maximum absolute atomic E-state index is 12.6. The third-order valence-electron chi connectivity index (χ3n) is 4.22. The summed E-state index contributed by atoms with van der Waals surface area (Å²) in [6, 6.07) is 9.52. The van der Waals surface area contributed by atoms with Crippen molar-refractivity contribution in [1.82, 2.24) is 15.1 Å². The van der Waals surface area contributed by atoms with Gasteiger partial charge in [0.15, 0.2) is 6.61 Å². The fourth-order valence-electron chi connectivity index (χ4n) is 2.88. The highest BCUT2D eigenvalue weighted by Crippen LogP contribution is 2.31. The summed E-state index contributed by atoms with van der Waals surface area (Å²) in [5, 5.41) is 7.10. The molecule has 9 heteroatoms. The molecular formula is C19H15N3O4S2. The number of Topliss-reactive ketones (excluding diaryl/α,β-unsaturated/α-hetero) is 1. The molecule has 1 aliphatic heterocycles. The van der Waals surface area contributed by atoms with E-state index in [0.717, 1.165) is 27.4 Å². The molecule has 3 heterocycles. The minimum atomic E-state index is -0.446. The Morgan fingerprint density at radius 2 is 2.11 bits per heavy atom. The monoisotopic (exact) mass is 413 g/mol. The molecule has 1 N–H and O–H groups in total. The number of ether oxygens (including phenoxy) is 1. The molecule has 7 nitrogen and oxygen atoms in total. The zero-order valence-electron chi connectivity index (χ0n) is 15.0. The van der Waals surface area contributed by atoms with Gasteiger partial charge in [-0.25, -0.2) is 4.68 Å². The molecule has 0 radical (unpaired) electrons. The van der Waals surface area contributed by atoms with Crippen LogP contribution < -0.4 is 10.1 Å². The second kappa shape index (κ2) is 7.25. The van der Waals surface area contributed by atoms with E-state index < -0.39 is 11.1 Å². The lowest BCUT2D eigenvalue weighted by atomic mass is 10.1. The number of carbonyl (C=O) groups is 3. The molecule has 3 aromatic rings. The number of benzene rings is 1. The lowest BCUT2D eigenvalue weighted by Crippen LogP contribution is -2.17. The van der Waals surface area contributed by atoms with Crippen molar-refractivity contribution in [3.63, 3.8) is 0 Å². The number of nitrogens with one attached hydrogen (secondary N) is 1. The maximum Gasteiger partial charge on any atom is 0.290 e. The van der Waals surface area contributed by atoms with E-state index in [9.17, 15) is 14.4 Å². The molecule has 0 aliphatic carbocycles. The van der Waals surface area contributed by atoms with Crippen molar-refractivity contribution in [1.29, 1.82) is 0 Å². The van der Waals surface area contributed by atoms with Crippen LogP contribution in [-0.2, 0) is 11.8 Å². The van der Waals surface area contributed by atoms with Gasteiger partial charge < -0.3 is 4.74 Å². The predicted octanol–water partition coefficient (Wildman–Crippen LogP) is 3.53. The fourth-order valence-corrected chi connectivity index (χ4v) is 4.68. The second-order valence-electron chi connectivity index (χ2n) is 6.15. The van der Waals surface area contributed by atoms with E-state index in [-0.39, 0.29) is 17.3 Å². The third kappa shape index (κ3) is 3.46. The van der Waals surface area contributed by atoms with E-state index in [1.807, 2.05) is 31.2 Å². The molecule has 0 spiro atoms. The van der Waals surface area contributed by atoms with Crippen molar-refractivity contribution in [3.05, 3.63) is 51.4 Å². The van der Waals surface area contributed by atoms with Crippen molar-refractivity contribution < 1.29 is 19.1 Å². The van der Waals surface area contributed by atoms with Crippen LogP contribution >= 0.6 is 23.1 Å². The van der Waals surface area contributed by atoms with Crippen molar-refractivity contribution in [3.8, 4) is 5.88 Å². The van der Waals surface area contributed by atoms with Gasteiger partial charge in [-0.3, -0.25) is 19.7 Å². The van der Waals surface area contributed by atoms with E-state index in [1.165, 1.54) is 22.1 Å². The van der Waals surface area contributed by atoms with Gasteiger partial charge in [0.05, 0.1) is 15.5 Å². The van der Waals surface area contributed by atoms with Gasteiger partial charge in [0, 0.05) is 17.8 Å². The first-order valence-corrected chi connectivity index (χ1v) is 9.98. The Bertz CT molecular complexity index is 1160. The van der Waals surface area contributed by atoms with Crippen LogP contribution in [-0.4, -0.2) is 33.3 Å². The van der Waals surface area contributed by atoms with Crippen molar-refractivity contribution in [2.24, 2.45) is 7.05 Å². The Morgan fingerprint density at radius 1 is 1.32 bits per heavy atom. The number of hydrogen-bond acceptors (Lipinski definition) is 7. The number of nitrogens with zero attached hydrogens (tertiary/aromatic N) is 2. The van der Waals surface area contributed by atoms with Crippen LogP contribution in [0.15, 0.2) is 35.2 Å². The Morgan fingerprint density at radius 3 is 2.82 bits per heavy atom. The molecule has 1 fully saturated rings. The summed E-state index contributed by atoms with van der Waals surface area (Å²) in [7, 11) is 1.68. The number of thiophene rings is 1. The van der Waals surface area contributed by atoms with Gasteiger partial charge in [0.25, 0.3) is 11.1 Å². The number of imide groups is 1. The van der Waals surface area contributed by atoms with Crippen LogP contribution in [0, 0.1) is 6.92 Å². The SMILES string of the molecule is Cc1c(C(=O)COc2cc(C=C3SC(=O)NC3=O)nn2C)sc2ccccc12. The molecule has 1 aliphatic rings. The molecule has 1 aromatic carbocycles. The Balaban J connectivity index is 1.49. The maximum atomic E-state index is 12.6. The summed E-state index contributed by atoms with van der Waals surface area (Å²) in [5.74, 6) is -0.150. The van der Waals surface area contributed by atoms with Crippen LogP contribution in [0.2, 0.25) is 0 Å². The van der Waals surface area contributed by atoms with E-state index in [0.29, 0.717) is 16.5 Å². The van der Waals surface area contributed by atoms with Crippen LogP contribution in [0.3, 0.4) is 0 Å². The van der Waals surface area contributed by atoms with Gasteiger partial charge in [-0.15, -0.1) is 11.3 Å². The van der Waals surface area contributed by atoms with Gasteiger partial charge in [0.1, 0.15) is 0 Å². The molecule has 0 unspecified atom stereocenters. The Kier molecular flexibility index (Phi) is 4.78. The first kappa shape index (κ1) is 18.5. The van der Waals surface area contributed by atoms with Gasteiger partial charge >= 0.3 is 0 Å². The smallest absolute Gasteiger partial charge is 0.290 e. The van der Waals surface area contributed by atoms with E-state index in [2.05, 4.69) is 10.4 Å². The molecular weight excluding hydrogens is 398 g/mol. The topological polar surface area (TPSA) is 90.3 Å². The van der Waals surface area contributed by atoms with Gasteiger partial charge in [-0.2, -0.15) is 5.10 Å². The third-order valence-corrected chi connectivity index (χ3v) is 6.35. The minimum absolute atomic E-state index is 0.101. The lowest BCUT2D eigenvalue weighted by Gasteiger charge is -2.04. The van der Waals surface area contributed by atoms with Crippen LogP contribution in [0.4, 0.5) is 4.79 Å². The van der Waals surface area contributed by atoms with Crippen LogP contribution in [0.1, 0.15) is 20.9 Å². The fraction of sp³-hybridized carbons (Fsp3) is 0.158. The number of ketones is 1. The van der Waals surface area contributed by atoms with E-state index in [4.69, 9.17) is 4.74 Å². The Labute approximate surface area is 168 Å². The molecule has 0 bridgehead atoms. The van der Waals surface area contributed by atoms with E-state index in [1.54, 1.807) is 13.1 Å². The quantitative estimate of drug-likeness (QED) is 0.508. The molecule has 28 heavy (non-hydrogen) atoms. The number of aryl methyl sites for hydroxylation is 2. The standard InChI is InChI=1S/C19H15N3O4S2/c1-10-12-5-3-4-6-14(12)27-17(10)13(23)9-26-16-8-11(21-22(16)2)7-15-18(24)20-19(25)28-15/h3-8H,9H2,1-2H3,(H,20,24,25). The van der Waals surface area contributed by atoms with Gasteiger partial charge in [-0.05, 0) is 41.8 Å². The average Bonchev–Trinajstić information content (AvgIpc) is 3.29. The first-order valence-electron chi connectivity index (χ1n) is 8.35. The predicted molar refractivity (Wildman–Crippen MR) is 109 cm³/mol. The first-order chi connectivity index (χ1) is 13.4. The van der Waals surface area contributed by atoms with Crippen molar-refractivity contribution in [2.75, 3.05) is 6.61 Å². The normalized spacial score (nSPS) is 15.4. The molecule has 2 amide bonds. The average molecular weight is 413 g/mol. The Hall–Kier alpha value is -2.91. The zero-order chi connectivity index (χ0) is 19.8. The largest absolute Gasteiger partial charge is 0.469 e. The zero-order valence-corrected chi connectivity index (χ0v) is 16.6. The molecule has 0 saturated carbocycles. The summed E-state index contributed by atoms with van der Waals surface area (Å²) in [6.45, 7) is 1.82. The molecule has 1 saturated heterocycles. The highest BCUT2D eigenvalue weighted by molar-refractivity contribution is 8.18. The summed E-state index contributed by atoms with van der Waals surface area (Å²) in [5.41, 5.74) is 1.42. The number of aromatic nitrogens is 2. The highest BCUT2D eigenvalue weighted by atomic mass is 32.2. The number of fused-ring (bicyclic) bond motifs is 1. The number of amides is 2.